The molecule has 0 bridgehead atoms. The van der Waals surface area contributed by atoms with Crippen molar-refractivity contribution in [2.24, 2.45) is 0 Å². The Morgan fingerprint density at radius 2 is 1.59 bits per heavy atom. The van der Waals surface area contributed by atoms with Crippen LogP contribution in [0.4, 0.5) is 0 Å². The average Bonchev–Trinajstić information content (AvgIpc) is 2.78. The van der Waals surface area contributed by atoms with Crippen molar-refractivity contribution in [2.45, 2.75) is 39.5 Å². The van der Waals surface area contributed by atoms with Crippen molar-refractivity contribution in [3.05, 3.63) is 42.0 Å². The molecule has 3 heteroatoms. The van der Waals surface area contributed by atoms with E-state index in [0.717, 1.165) is 11.5 Å². The highest BCUT2D eigenvalue weighted by atomic mass is 15.3. The van der Waals surface area contributed by atoms with Gasteiger partial charge in [0.05, 0.1) is 5.69 Å². The maximum absolute atomic E-state index is 4.46. The number of rotatable bonds is 3. The van der Waals surface area contributed by atoms with Crippen LogP contribution < -0.4 is 0 Å². The SMILES string of the molecule is CC(C)c1ccc(-n2cnc(C(C)C)n2)cc1. The smallest absolute Gasteiger partial charge is 0.153 e. The summed E-state index contributed by atoms with van der Waals surface area (Å²) in [6, 6.07) is 8.48. The maximum atomic E-state index is 4.46. The van der Waals surface area contributed by atoms with Crippen molar-refractivity contribution in [3.63, 3.8) is 0 Å². The van der Waals surface area contributed by atoms with E-state index in [9.17, 15) is 0 Å². The molecule has 1 aromatic heterocycles. The van der Waals surface area contributed by atoms with Gasteiger partial charge in [-0.2, -0.15) is 5.10 Å². The quantitative estimate of drug-likeness (QED) is 0.806. The topological polar surface area (TPSA) is 30.7 Å². The van der Waals surface area contributed by atoms with Gasteiger partial charge in [-0.05, 0) is 23.6 Å². The van der Waals surface area contributed by atoms with Crippen molar-refractivity contribution < 1.29 is 0 Å². The van der Waals surface area contributed by atoms with Crippen LogP contribution in [-0.4, -0.2) is 14.8 Å². The summed E-state index contributed by atoms with van der Waals surface area (Å²) < 4.78 is 1.83. The Labute approximate surface area is 103 Å². The molecule has 0 amide bonds. The molecule has 2 aromatic rings. The second-order valence-corrected chi connectivity index (χ2v) is 4.95. The van der Waals surface area contributed by atoms with Gasteiger partial charge >= 0.3 is 0 Å². The third-order valence-electron chi connectivity index (χ3n) is 2.85. The molecule has 90 valence electrons. The largest absolute Gasteiger partial charge is 0.221 e. The van der Waals surface area contributed by atoms with E-state index in [1.807, 2.05) is 4.68 Å². The van der Waals surface area contributed by atoms with Gasteiger partial charge in [0, 0.05) is 5.92 Å². The first-order valence-electron chi connectivity index (χ1n) is 6.10. The Bertz CT molecular complexity index is 480. The van der Waals surface area contributed by atoms with Crippen LogP contribution in [0.3, 0.4) is 0 Å². The molecule has 0 fully saturated rings. The summed E-state index contributed by atoms with van der Waals surface area (Å²) in [4.78, 5) is 4.30. The Hall–Kier alpha value is -1.64. The van der Waals surface area contributed by atoms with Crippen LogP contribution in [0.1, 0.15) is 50.9 Å². The number of nitrogens with zero attached hydrogens (tertiary/aromatic N) is 3. The molecule has 1 aromatic carbocycles. The maximum Gasteiger partial charge on any atom is 0.153 e. The van der Waals surface area contributed by atoms with Crippen molar-refractivity contribution in [2.75, 3.05) is 0 Å². The molecule has 2 rings (SSSR count). The van der Waals surface area contributed by atoms with Gasteiger partial charge in [-0.25, -0.2) is 9.67 Å². The van der Waals surface area contributed by atoms with Crippen LogP contribution in [-0.2, 0) is 0 Å². The molecule has 0 unspecified atom stereocenters. The molecule has 0 spiro atoms. The summed E-state index contributed by atoms with van der Waals surface area (Å²) in [7, 11) is 0. The van der Waals surface area contributed by atoms with Crippen LogP contribution >= 0.6 is 0 Å². The average molecular weight is 229 g/mol. The zero-order chi connectivity index (χ0) is 12.4. The summed E-state index contributed by atoms with van der Waals surface area (Å²) >= 11 is 0. The van der Waals surface area contributed by atoms with Gasteiger partial charge in [0.15, 0.2) is 5.82 Å². The highest BCUT2D eigenvalue weighted by Gasteiger charge is 2.06. The van der Waals surface area contributed by atoms with Crippen molar-refractivity contribution in [1.82, 2.24) is 14.8 Å². The normalized spacial score (nSPS) is 11.4. The van der Waals surface area contributed by atoms with Crippen molar-refractivity contribution in [1.29, 1.82) is 0 Å². The monoisotopic (exact) mass is 229 g/mol. The fraction of sp³-hybridized carbons (Fsp3) is 0.429. The predicted molar refractivity (Wildman–Crippen MR) is 69.5 cm³/mol. The van der Waals surface area contributed by atoms with Crippen molar-refractivity contribution >= 4 is 0 Å². The predicted octanol–water partition coefficient (Wildman–Crippen LogP) is 3.51. The minimum absolute atomic E-state index is 0.367. The number of hydrogen-bond acceptors (Lipinski definition) is 2. The van der Waals surface area contributed by atoms with Crippen LogP contribution in [0.2, 0.25) is 0 Å². The van der Waals surface area contributed by atoms with Gasteiger partial charge < -0.3 is 0 Å². The third kappa shape index (κ3) is 2.54. The lowest BCUT2D eigenvalue weighted by Crippen LogP contribution is -1.98. The minimum Gasteiger partial charge on any atom is -0.221 e. The van der Waals surface area contributed by atoms with Crippen LogP contribution in [0.5, 0.6) is 0 Å². The molecule has 0 N–H and O–H groups in total. The molecular weight excluding hydrogens is 210 g/mol. The summed E-state index contributed by atoms with van der Waals surface area (Å²) in [6.45, 7) is 8.59. The number of hydrogen-bond donors (Lipinski definition) is 0. The van der Waals surface area contributed by atoms with E-state index < -0.39 is 0 Å². The molecule has 3 nitrogen and oxygen atoms in total. The van der Waals surface area contributed by atoms with Gasteiger partial charge in [0.2, 0.25) is 0 Å². The van der Waals surface area contributed by atoms with E-state index in [4.69, 9.17) is 0 Å². The lowest BCUT2D eigenvalue weighted by atomic mass is 10.0. The molecule has 0 aliphatic rings. The molecule has 0 saturated carbocycles. The summed E-state index contributed by atoms with van der Waals surface area (Å²) in [6.07, 6.45) is 1.78. The zero-order valence-electron chi connectivity index (χ0n) is 10.9. The van der Waals surface area contributed by atoms with E-state index >= 15 is 0 Å². The first kappa shape index (κ1) is 11.8. The standard InChI is InChI=1S/C14H19N3/c1-10(2)12-5-7-13(8-6-12)17-9-15-14(16-17)11(3)4/h5-11H,1-4H3. The number of benzene rings is 1. The van der Waals surface area contributed by atoms with Gasteiger partial charge in [-0.3, -0.25) is 0 Å². The molecular formula is C14H19N3. The highest BCUT2D eigenvalue weighted by molar-refractivity contribution is 5.34. The fourth-order valence-electron chi connectivity index (χ4n) is 1.68. The lowest BCUT2D eigenvalue weighted by Gasteiger charge is -2.06. The van der Waals surface area contributed by atoms with Gasteiger partial charge in [-0.1, -0.05) is 39.8 Å². The van der Waals surface area contributed by atoms with Crippen LogP contribution in [0.15, 0.2) is 30.6 Å². The zero-order valence-corrected chi connectivity index (χ0v) is 10.9. The first-order chi connectivity index (χ1) is 8.08. The first-order valence-corrected chi connectivity index (χ1v) is 6.10. The van der Waals surface area contributed by atoms with Crippen molar-refractivity contribution in [3.8, 4) is 5.69 Å². The van der Waals surface area contributed by atoms with Gasteiger partial charge in [-0.15, -0.1) is 0 Å². The third-order valence-corrected chi connectivity index (χ3v) is 2.85. The molecule has 0 radical (unpaired) electrons. The molecule has 0 atom stereocenters. The summed E-state index contributed by atoms with van der Waals surface area (Å²) in [5.74, 6) is 1.81. The van der Waals surface area contributed by atoms with Gasteiger partial charge in [0.25, 0.3) is 0 Å². The molecule has 0 aliphatic heterocycles. The Morgan fingerprint density at radius 1 is 0.941 bits per heavy atom. The van der Waals surface area contributed by atoms with E-state index in [-0.39, 0.29) is 0 Å². The Kier molecular flexibility index (Phi) is 3.27. The molecule has 17 heavy (non-hydrogen) atoms. The Morgan fingerprint density at radius 3 is 2.06 bits per heavy atom. The second-order valence-electron chi connectivity index (χ2n) is 4.95. The van der Waals surface area contributed by atoms with Crippen LogP contribution in [0, 0.1) is 0 Å². The second kappa shape index (κ2) is 4.70. The minimum atomic E-state index is 0.367. The van der Waals surface area contributed by atoms with Gasteiger partial charge in [0.1, 0.15) is 6.33 Å². The lowest BCUT2D eigenvalue weighted by molar-refractivity contribution is 0.753. The molecule has 0 aliphatic carbocycles. The molecule has 0 saturated heterocycles. The fourth-order valence-corrected chi connectivity index (χ4v) is 1.68. The van der Waals surface area contributed by atoms with E-state index in [2.05, 4.69) is 62.0 Å². The van der Waals surface area contributed by atoms with Crippen LogP contribution in [0.25, 0.3) is 5.69 Å². The number of aromatic nitrogens is 3. The molecule has 1 heterocycles. The summed E-state index contributed by atoms with van der Waals surface area (Å²) in [5, 5.41) is 4.46. The van der Waals surface area contributed by atoms with E-state index in [1.165, 1.54) is 5.56 Å². The Balaban J connectivity index is 2.27. The summed E-state index contributed by atoms with van der Waals surface area (Å²) in [5.41, 5.74) is 2.41. The van der Waals surface area contributed by atoms with E-state index in [0.29, 0.717) is 11.8 Å². The van der Waals surface area contributed by atoms with E-state index in [1.54, 1.807) is 6.33 Å². The highest BCUT2D eigenvalue weighted by Crippen LogP contribution is 2.17.